The van der Waals surface area contributed by atoms with Crippen LogP contribution in [-0.4, -0.2) is 13.7 Å². The molecule has 3 nitrogen and oxygen atoms in total. The standard InChI is InChI=1S/C17H20BrNO2/c1-3-12-4-7-15(17(10-12)20-2)21-16-11-14(18)6-5-13(16)8-9-19/h4-7,10-11H,3,8-9,19H2,1-2H3. The molecule has 0 aliphatic rings. The zero-order chi connectivity index (χ0) is 15.2. The van der Waals surface area contributed by atoms with Crippen molar-refractivity contribution >= 4 is 15.9 Å². The summed E-state index contributed by atoms with van der Waals surface area (Å²) in [4.78, 5) is 0. The van der Waals surface area contributed by atoms with Gasteiger partial charge in [0, 0.05) is 4.47 Å². The topological polar surface area (TPSA) is 44.5 Å². The Morgan fingerprint density at radius 3 is 2.52 bits per heavy atom. The molecule has 0 aliphatic heterocycles. The van der Waals surface area contributed by atoms with Crippen LogP contribution in [0.15, 0.2) is 40.9 Å². The average Bonchev–Trinajstić information content (AvgIpc) is 2.50. The second-order valence-electron chi connectivity index (χ2n) is 4.73. The van der Waals surface area contributed by atoms with Gasteiger partial charge in [-0.05, 0) is 54.8 Å². The van der Waals surface area contributed by atoms with Crippen molar-refractivity contribution in [1.29, 1.82) is 0 Å². The van der Waals surface area contributed by atoms with Gasteiger partial charge in [-0.3, -0.25) is 0 Å². The molecule has 2 aromatic rings. The number of hydrogen-bond acceptors (Lipinski definition) is 3. The minimum atomic E-state index is 0.587. The van der Waals surface area contributed by atoms with E-state index in [0.29, 0.717) is 12.3 Å². The second-order valence-corrected chi connectivity index (χ2v) is 5.65. The largest absolute Gasteiger partial charge is 0.493 e. The number of methoxy groups -OCH3 is 1. The molecule has 2 aromatic carbocycles. The van der Waals surface area contributed by atoms with Gasteiger partial charge in [-0.2, -0.15) is 0 Å². The summed E-state index contributed by atoms with van der Waals surface area (Å²) in [6, 6.07) is 12.0. The van der Waals surface area contributed by atoms with E-state index in [9.17, 15) is 0 Å². The van der Waals surface area contributed by atoms with Gasteiger partial charge in [-0.25, -0.2) is 0 Å². The molecule has 0 bridgehead atoms. The predicted octanol–water partition coefficient (Wildman–Crippen LogP) is 4.31. The highest BCUT2D eigenvalue weighted by atomic mass is 79.9. The summed E-state index contributed by atoms with van der Waals surface area (Å²) in [6.45, 7) is 2.70. The van der Waals surface area contributed by atoms with Crippen molar-refractivity contribution in [2.75, 3.05) is 13.7 Å². The van der Waals surface area contributed by atoms with E-state index in [1.54, 1.807) is 7.11 Å². The number of aryl methyl sites for hydroxylation is 1. The van der Waals surface area contributed by atoms with Gasteiger partial charge in [-0.1, -0.05) is 35.0 Å². The van der Waals surface area contributed by atoms with E-state index in [2.05, 4.69) is 28.9 Å². The maximum absolute atomic E-state index is 6.05. The molecule has 4 heteroatoms. The van der Waals surface area contributed by atoms with E-state index in [-0.39, 0.29) is 0 Å². The van der Waals surface area contributed by atoms with Crippen LogP contribution in [0.25, 0.3) is 0 Å². The third kappa shape index (κ3) is 3.99. The lowest BCUT2D eigenvalue weighted by Crippen LogP contribution is -2.04. The smallest absolute Gasteiger partial charge is 0.169 e. The fourth-order valence-corrected chi connectivity index (χ4v) is 2.46. The normalized spacial score (nSPS) is 10.5. The van der Waals surface area contributed by atoms with Crippen molar-refractivity contribution in [1.82, 2.24) is 0 Å². The van der Waals surface area contributed by atoms with Gasteiger partial charge in [0.05, 0.1) is 7.11 Å². The van der Waals surface area contributed by atoms with Crippen LogP contribution >= 0.6 is 15.9 Å². The Kier molecular flexibility index (Phi) is 5.65. The van der Waals surface area contributed by atoms with Crippen molar-refractivity contribution in [2.45, 2.75) is 19.8 Å². The maximum atomic E-state index is 6.05. The van der Waals surface area contributed by atoms with Crippen LogP contribution in [0.4, 0.5) is 0 Å². The fourth-order valence-electron chi connectivity index (χ4n) is 2.12. The molecule has 0 amide bonds. The molecule has 0 heterocycles. The zero-order valence-corrected chi connectivity index (χ0v) is 13.9. The Morgan fingerprint density at radius 2 is 1.86 bits per heavy atom. The molecule has 2 rings (SSSR count). The summed E-state index contributed by atoms with van der Waals surface area (Å²) in [7, 11) is 1.66. The second kappa shape index (κ2) is 7.48. The first-order valence-corrected chi connectivity index (χ1v) is 7.80. The average molecular weight is 350 g/mol. The minimum absolute atomic E-state index is 0.587. The lowest BCUT2D eigenvalue weighted by atomic mass is 10.1. The number of nitrogens with two attached hydrogens (primary N) is 1. The number of rotatable bonds is 6. The maximum Gasteiger partial charge on any atom is 0.169 e. The van der Waals surface area contributed by atoms with E-state index >= 15 is 0 Å². The van der Waals surface area contributed by atoms with Gasteiger partial charge in [0.15, 0.2) is 11.5 Å². The Bertz CT molecular complexity index is 614. The molecule has 21 heavy (non-hydrogen) atoms. The van der Waals surface area contributed by atoms with E-state index < -0.39 is 0 Å². The molecule has 0 aliphatic carbocycles. The molecular weight excluding hydrogens is 330 g/mol. The highest BCUT2D eigenvalue weighted by molar-refractivity contribution is 9.10. The van der Waals surface area contributed by atoms with Gasteiger partial charge in [0.1, 0.15) is 5.75 Å². The Labute approximate surface area is 134 Å². The molecule has 0 radical (unpaired) electrons. The molecule has 0 saturated carbocycles. The van der Waals surface area contributed by atoms with Crippen molar-refractivity contribution in [3.8, 4) is 17.2 Å². The van der Waals surface area contributed by atoms with Crippen LogP contribution in [0.3, 0.4) is 0 Å². The molecular formula is C17H20BrNO2. The minimum Gasteiger partial charge on any atom is -0.493 e. The van der Waals surface area contributed by atoms with Crippen LogP contribution in [0, 0.1) is 0 Å². The molecule has 0 atom stereocenters. The SMILES string of the molecule is CCc1ccc(Oc2cc(Br)ccc2CCN)c(OC)c1. The highest BCUT2D eigenvalue weighted by Crippen LogP contribution is 2.35. The van der Waals surface area contributed by atoms with Crippen molar-refractivity contribution in [3.05, 3.63) is 52.0 Å². The van der Waals surface area contributed by atoms with Crippen LogP contribution in [0.5, 0.6) is 17.2 Å². The molecule has 0 aromatic heterocycles. The Hall–Kier alpha value is -1.52. The monoisotopic (exact) mass is 349 g/mol. The molecule has 2 N–H and O–H groups in total. The summed E-state index contributed by atoms with van der Waals surface area (Å²) in [5.74, 6) is 2.26. The van der Waals surface area contributed by atoms with E-state index in [1.165, 1.54) is 5.56 Å². The molecule has 0 spiro atoms. The van der Waals surface area contributed by atoms with Crippen molar-refractivity contribution < 1.29 is 9.47 Å². The van der Waals surface area contributed by atoms with Gasteiger partial charge < -0.3 is 15.2 Å². The predicted molar refractivity (Wildman–Crippen MR) is 89.3 cm³/mol. The third-order valence-corrected chi connectivity index (χ3v) is 3.79. The number of hydrogen-bond donors (Lipinski definition) is 1. The van der Waals surface area contributed by atoms with Gasteiger partial charge >= 0.3 is 0 Å². The molecule has 0 fully saturated rings. The van der Waals surface area contributed by atoms with Crippen LogP contribution in [-0.2, 0) is 12.8 Å². The van der Waals surface area contributed by atoms with Gasteiger partial charge in [0.2, 0.25) is 0 Å². The number of halogens is 1. The fraction of sp³-hybridized carbons (Fsp3) is 0.294. The molecule has 0 unspecified atom stereocenters. The van der Waals surface area contributed by atoms with Crippen LogP contribution < -0.4 is 15.2 Å². The Morgan fingerprint density at radius 1 is 1.05 bits per heavy atom. The number of benzene rings is 2. The van der Waals surface area contributed by atoms with Crippen LogP contribution in [0.2, 0.25) is 0 Å². The lowest BCUT2D eigenvalue weighted by Gasteiger charge is -2.14. The summed E-state index contributed by atoms with van der Waals surface area (Å²) in [5, 5.41) is 0. The lowest BCUT2D eigenvalue weighted by molar-refractivity contribution is 0.377. The summed E-state index contributed by atoms with van der Waals surface area (Å²) in [6.07, 6.45) is 1.74. The first-order chi connectivity index (χ1) is 10.2. The quantitative estimate of drug-likeness (QED) is 0.844. The van der Waals surface area contributed by atoms with E-state index in [1.807, 2.05) is 30.3 Å². The first kappa shape index (κ1) is 15.9. The van der Waals surface area contributed by atoms with Crippen molar-refractivity contribution in [2.24, 2.45) is 5.73 Å². The molecule has 112 valence electrons. The van der Waals surface area contributed by atoms with E-state index in [4.69, 9.17) is 15.2 Å². The summed E-state index contributed by atoms with van der Waals surface area (Å²) >= 11 is 3.48. The van der Waals surface area contributed by atoms with Crippen LogP contribution in [0.1, 0.15) is 18.1 Å². The highest BCUT2D eigenvalue weighted by Gasteiger charge is 2.10. The zero-order valence-electron chi connectivity index (χ0n) is 12.4. The third-order valence-electron chi connectivity index (χ3n) is 3.30. The Balaban J connectivity index is 2.35. The van der Waals surface area contributed by atoms with Crippen molar-refractivity contribution in [3.63, 3.8) is 0 Å². The van der Waals surface area contributed by atoms with Gasteiger partial charge in [0.25, 0.3) is 0 Å². The summed E-state index contributed by atoms with van der Waals surface area (Å²) < 4.78 is 12.5. The van der Waals surface area contributed by atoms with Gasteiger partial charge in [-0.15, -0.1) is 0 Å². The summed E-state index contributed by atoms with van der Waals surface area (Å²) in [5.41, 5.74) is 7.97. The molecule has 0 saturated heterocycles. The first-order valence-electron chi connectivity index (χ1n) is 7.01. The van der Waals surface area contributed by atoms with E-state index in [0.717, 1.165) is 34.4 Å². The number of ether oxygens (including phenoxy) is 2.